The molecular weight excluding hydrogens is 293 g/mol. The molecule has 0 aliphatic rings. The molecule has 0 aliphatic heterocycles. The lowest BCUT2D eigenvalue weighted by Gasteiger charge is -2.05. The molecule has 120 valence electrons. The van der Waals surface area contributed by atoms with Gasteiger partial charge in [0.1, 0.15) is 12.4 Å². The first kappa shape index (κ1) is 16.7. The van der Waals surface area contributed by atoms with Crippen LogP contribution in [-0.4, -0.2) is 12.6 Å². The van der Waals surface area contributed by atoms with E-state index >= 15 is 0 Å². The molecule has 0 atom stereocenters. The quantitative estimate of drug-likeness (QED) is 0.889. The summed E-state index contributed by atoms with van der Waals surface area (Å²) in [7, 11) is 0. The van der Waals surface area contributed by atoms with Gasteiger partial charge in [0.05, 0.1) is 0 Å². The van der Waals surface area contributed by atoms with E-state index in [9.17, 15) is 9.18 Å². The van der Waals surface area contributed by atoms with Crippen LogP contribution in [0.3, 0.4) is 0 Å². The highest BCUT2D eigenvalue weighted by Gasteiger charge is 2.03. The fourth-order valence-corrected chi connectivity index (χ4v) is 2.19. The minimum atomic E-state index is -0.468. The summed E-state index contributed by atoms with van der Waals surface area (Å²) in [5.41, 5.74) is 3.07. The molecule has 0 spiro atoms. The van der Waals surface area contributed by atoms with Crippen molar-refractivity contribution in [2.45, 2.75) is 20.5 Å². The van der Waals surface area contributed by atoms with Crippen LogP contribution in [0.25, 0.3) is 6.08 Å². The first-order valence-corrected chi connectivity index (χ1v) is 7.44. The predicted molar refractivity (Wildman–Crippen MR) is 89.5 cm³/mol. The van der Waals surface area contributed by atoms with Crippen molar-refractivity contribution < 1.29 is 13.9 Å². The van der Waals surface area contributed by atoms with Crippen LogP contribution in [-0.2, 0) is 11.3 Å². The molecule has 23 heavy (non-hydrogen) atoms. The molecule has 0 unspecified atom stereocenters. The van der Waals surface area contributed by atoms with E-state index < -0.39 is 6.09 Å². The Bertz CT molecular complexity index is 673. The van der Waals surface area contributed by atoms with Gasteiger partial charge in [0, 0.05) is 6.54 Å². The van der Waals surface area contributed by atoms with Gasteiger partial charge < -0.3 is 10.1 Å². The highest BCUT2D eigenvalue weighted by Crippen LogP contribution is 2.15. The lowest BCUT2D eigenvalue weighted by molar-refractivity contribution is 0.141. The maximum atomic E-state index is 13.5. The zero-order valence-electron chi connectivity index (χ0n) is 13.3. The summed E-state index contributed by atoms with van der Waals surface area (Å²) in [4.78, 5) is 11.6. The molecule has 2 aromatic carbocycles. The lowest BCUT2D eigenvalue weighted by atomic mass is 10.1. The molecule has 0 aliphatic carbocycles. The minimum absolute atomic E-state index is 0.176. The highest BCUT2D eigenvalue weighted by atomic mass is 19.1. The molecule has 0 saturated carbocycles. The SMILES string of the molecule is Cc1cc(C=CCNC(=O)OCc2ccccc2)cc(C)c1F. The Morgan fingerprint density at radius 1 is 1.17 bits per heavy atom. The number of alkyl carbamates (subject to hydrolysis) is 1. The van der Waals surface area contributed by atoms with Crippen molar-refractivity contribution in [3.8, 4) is 0 Å². The maximum absolute atomic E-state index is 13.5. The monoisotopic (exact) mass is 313 g/mol. The van der Waals surface area contributed by atoms with Crippen LogP contribution in [0.1, 0.15) is 22.3 Å². The Balaban J connectivity index is 1.77. The molecule has 3 nitrogen and oxygen atoms in total. The number of nitrogens with one attached hydrogen (secondary N) is 1. The van der Waals surface area contributed by atoms with E-state index in [1.54, 1.807) is 32.1 Å². The minimum Gasteiger partial charge on any atom is -0.445 e. The van der Waals surface area contributed by atoms with Gasteiger partial charge in [-0.1, -0.05) is 42.5 Å². The molecule has 2 rings (SSSR count). The van der Waals surface area contributed by atoms with E-state index in [2.05, 4.69) is 5.32 Å². The molecule has 0 bridgehead atoms. The first-order chi connectivity index (χ1) is 11.1. The number of aryl methyl sites for hydroxylation is 2. The Kier molecular flexibility index (Phi) is 5.92. The summed E-state index contributed by atoms with van der Waals surface area (Å²) in [6.45, 7) is 4.06. The number of hydrogen-bond donors (Lipinski definition) is 1. The number of ether oxygens (including phenoxy) is 1. The van der Waals surface area contributed by atoms with Gasteiger partial charge in [0.25, 0.3) is 0 Å². The number of carbonyl (C=O) groups is 1. The highest BCUT2D eigenvalue weighted by molar-refractivity contribution is 5.67. The van der Waals surface area contributed by atoms with Gasteiger partial charge in [-0.15, -0.1) is 0 Å². The largest absolute Gasteiger partial charge is 0.445 e. The van der Waals surface area contributed by atoms with Gasteiger partial charge >= 0.3 is 6.09 Å². The van der Waals surface area contributed by atoms with Gasteiger partial charge in [-0.25, -0.2) is 9.18 Å². The number of hydrogen-bond acceptors (Lipinski definition) is 2. The van der Waals surface area contributed by atoms with Crippen molar-refractivity contribution in [2.75, 3.05) is 6.54 Å². The van der Waals surface area contributed by atoms with Crippen molar-refractivity contribution in [3.05, 3.63) is 76.6 Å². The zero-order valence-corrected chi connectivity index (χ0v) is 13.3. The molecule has 1 amide bonds. The second-order valence-corrected chi connectivity index (χ2v) is 5.31. The molecular formula is C19H20FNO2. The van der Waals surface area contributed by atoms with Crippen LogP contribution in [0.2, 0.25) is 0 Å². The Morgan fingerprint density at radius 2 is 1.83 bits per heavy atom. The average molecular weight is 313 g/mol. The molecule has 0 heterocycles. The van der Waals surface area contributed by atoms with Gasteiger partial charge in [0.15, 0.2) is 0 Å². The summed E-state index contributed by atoms with van der Waals surface area (Å²) in [6, 6.07) is 13.0. The Morgan fingerprint density at radius 3 is 2.48 bits per heavy atom. The number of rotatable bonds is 5. The Labute approximate surface area is 135 Å². The topological polar surface area (TPSA) is 38.3 Å². The standard InChI is InChI=1S/C19H20FNO2/c1-14-11-17(12-15(2)18(14)20)9-6-10-21-19(22)23-13-16-7-4-3-5-8-16/h3-9,11-12H,10,13H2,1-2H3,(H,21,22). The van der Waals surface area contributed by atoms with E-state index in [0.29, 0.717) is 17.7 Å². The van der Waals surface area contributed by atoms with Crippen molar-refractivity contribution in [1.29, 1.82) is 0 Å². The van der Waals surface area contributed by atoms with E-state index in [1.807, 2.05) is 36.4 Å². The third-order valence-electron chi connectivity index (χ3n) is 3.35. The number of benzene rings is 2. The molecule has 0 radical (unpaired) electrons. The third kappa shape index (κ3) is 5.25. The van der Waals surface area contributed by atoms with Crippen LogP contribution in [0.5, 0.6) is 0 Å². The summed E-state index contributed by atoms with van der Waals surface area (Å²) in [6.07, 6.45) is 3.18. The van der Waals surface area contributed by atoms with Crippen LogP contribution in [0, 0.1) is 19.7 Å². The van der Waals surface area contributed by atoms with E-state index in [1.165, 1.54) is 0 Å². The normalized spacial score (nSPS) is 10.7. The van der Waals surface area contributed by atoms with E-state index in [0.717, 1.165) is 11.1 Å². The summed E-state index contributed by atoms with van der Waals surface area (Å²) in [5.74, 6) is -0.176. The zero-order chi connectivity index (χ0) is 16.7. The van der Waals surface area contributed by atoms with Gasteiger partial charge in [-0.05, 0) is 48.2 Å². The average Bonchev–Trinajstić information content (AvgIpc) is 2.55. The summed E-state index contributed by atoms with van der Waals surface area (Å²) in [5, 5.41) is 2.64. The molecule has 2 aromatic rings. The molecule has 0 aromatic heterocycles. The van der Waals surface area contributed by atoms with Crippen LogP contribution < -0.4 is 5.32 Å². The van der Waals surface area contributed by atoms with E-state index in [4.69, 9.17) is 4.74 Å². The number of amides is 1. The molecule has 1 N–H and O–H groups in total. The van der Waals surface area contributed by atoms with Crippen molar-refractivity contribution >= 4 is 12.2 Å². The van der Waals surface area contributed by atoms with Gasteiger partial charge in [0.2, 0.25) is 0 Å². The van der Waals surface area contributed by atoms with Crippen molar-refractivity contribution in [3.63, 3.8) is 0 Å². The molecule has 0 saturated heterocycles. The maximum Gasteiger partial charge on any atom is 0.407 e. The summed E-state index contributed by atoms with van der Waals surface area (Å²) < 4.78 is 18.6. The second-order valence-electron chi connectivity index (χ2n) is 5.31. The van der Waals surface area contributed by atoms with Crippen LogP contribution >= 0.6 is 0 Å². The first-order valence-electron chi connectivity index (χ1n) is 7.44. The molecule has 0 fully saturated rings. The molecule has 4 heteroatoms. The predicted octanol–water partition coefficient (Wildman–Crippen LogP) is 4.38. The summed E-state index contributed by atoms with van der Waals surface area (Å²) >= 11 is 0. The van der Waals surface area contributed by atoms with Gasteiger partial charge in [-0.2, -0.15) is 0 Å². The van der Waals surface area contributed by atoms with E-state index in [-0.39, 0.29) is 12.4 Å². The van der Waals surface area contributed by atoms with Crippen molar-refractivity contribution in [1.82, 2.24) is 5.32 Å². The lowest BCUT2D eigenvalue weighted by Crippen LogP contribution is -2.24. The third-order valence-corrected chi connectivity index (χ3v) is 3.35. The van der Waals surface area contributed by atoms with Gasteiger partial charge in [-0.3, -0.25) is 0 Å². The number of carbonyl (C=O) groups excluding carboxylic acids is 1. The van der Waals surface area contributed by atoms with Crippen molar-refractivity contribution in [2.24, 2.45) is 0 Å². The number of halogens is 1. The smallest absolute Gasteiger partial charge is 0.407 e. The Hall–Kier alpha value is -2.62. The fourth-order valence-electron chi connectivity index (χ4n) is 2.19. The van der Waals surface area contributed by atoms with Crippen LogP contribution in [0.15, 0.2) is 48.5 Å². The fraction of sp³-hybridized carbons (Fsp3) is 0.211. The second kappa shape index (κ2) is 8.13. The van der Waals surface area contributed by atoms with Crippen LogP contribution in [0.4, 0.5) is 9.18 Å².